The fourth-order valence-corrected chi connectivity index (χ4v) is 4.45. The van der Waals surface area contributed by atoms with Gasteiger partial charge >= 0.3 is 0 Å². The van der Waals surface area contributed by atoms with Crippen LogP contribution >= 0.6 is 0 Å². The van der Waals surface area contributed by atoms with Crippen LogP contribution < -0.4 is 22.1 Å². The molecular formula is C20H30N6O. The van der Waals surface area contributed by atoms with E-state index >= 15 is 0 Å². The van der Waals surface area contributed by atoms with Crippen molar-refractivity contribution in [2.75, 3.05) is 39.3 Å². The van der Waals surface area contributed by atoms with Crippen LogP contribution in [0.3, 0.4) is 0 Å². The lowest BCUT2D eigenvalue weighted by atomic mass is 10.00. The van der Waals surface area contributed by atoms with Gasteiger partial charge in [0.1, 0.15) is 11.6 Å². The van der Waals surface area contributed by atoms with Crippen molar-refractivity contribution in [3.8, 4) is 5.75 Å². The number of nitrogens with zero attached hydrogens (tertiary/aromatic N) is 2. The molecule has 1 unspecified atom stereocenters. The summed E-state index contributed by atoms with van der Waals surface area (Å²) in [7, 11) is 0. The van der Waals surface area contributed by atoms with E-state index in [1.807, 2.05) is 18.2 Å². The second-order valence-electron chi connectivity index (χ2n) is 7.62. The molecule has 1 aromatic rings. The van der Waals surface area contributed by atoms with Gasteiger partial charge < -0.3 is 32.1 Å². The highest BCUT2D eigenvalue weighted by Crippen LogP contribution is 2.27. The highest BCUT2D eigenvalue weighted by molar-refractivity contribution is 5.70. The average Bonchev–Trinajstić information content (AvgIpc) is 2.70. The lowest BCUT2D eigenvalue weighted by Crippen LogP contribution is -2.61. The summed E-state index contributed by atoms with van der Waals surface area (Å²) < 4.78 is 0. The first kappa shape index (κ1) is 18.0. The van der Waals surface area contributed by atoms with E-state index in [0.29, 0.717) is 29.2 Å². The maximum Gasteiger partial charge on any atom is 0.124 e. The van der Waals surface area contributed by atoms with Gasteiger partial charge in [0.25, 0.3) is 0 Å². The Bertz CT molecular complexity index is 740. The smallest absolute Gasteiger partial charge is 0.124 e. The van der Waals surface area contributed by atoms with Crippen LogP contribution in [0.25, 0.3) is 5.70 Å². The van der Waals surface area contributed by atoms with Gasteiger partial charge in [-0.25, -0.2) is 0 Å². The molecule has 2 fully saturated rings. The van der Waals surface area contributed by atoms with Crippen LogP contribution in [-0.4, -0.2) is 66.3 Å². The third kappa shape index (κ3) is 3.70. The van der Waals surface area contributed by atoms with Crippen molar-refractivity contribution in [1.29, 1.82) is 0 Å². The number of hydrogen-bond donors (Lipinski definition) is 5. The summed E-state index contributed by atoms with van der Waals surface area (Å²) in [5.74, 6) is 0.835. The highest BCUT2D eigenvalue weighted by Gasteiger charge is 2.34. The molecule has 3 aliphatic heterocycles. The van der Waals surface area contributed by atoms with E-state index in [1.54, 1.807) is 12.1 Å². The van der Waals surface area contributed by atoms with Gasteiger partial charge in [0, 0.05) is 43.5 Å². The molecule has 0 bridgehead atoms. The summed E-state index contributed by atoms with van der Waals surface area (Å²) in [6, 6.07) is 8.19. The summed E-state index contributed by atoms with van der Waals surface area (Å²) >= 11 is 0. The number of piperidine rings is 1. The Morgan fingerprint density at radius 1 is 1.15 bits per heavy atom. The summed E-state index contributed by atoms with van der Waals surface area (Å²) in [6.07, 6.45) is 4.35. The summed E-state index contributed by atoms with van der Waals surface area (Å²) in [6.45, 7) is 6.11. The maximum atomic E-state index is 10.1. The SMILES string of the molecule is NC1=C(/C=C(\N)c2ccccc2O)N2CCN(C3CCNCC3)CC2CN1. The Morgan fingerprint density at radius 3 is 2.70 bits per heavy atom. The molecule has 1 aromatic carbocycles. The number of allylic oxidation sites excluding steroid dienone is 1. The van der Waals surface area contributed by atoms with Gasteiger partial charge in [-0.15, -0.1) is 0 Å². The Hall–Kier alpha value is -2.38. The van der Waals surface area contributed by atoms with E-state index < -0.39 is 0 Å². The molecule has 146 valence electrons. The van der Waals surface area contributed by atoms with Crippen LogP contribution in [0.1, 0.15) is 18.4 Å². The molecule has 0 aromatic heterocycles. The second kappa shape index (κ2) is 7.70. The molecule has 0 aliphatic carbocycles. The first-order chi connectivity index (χ1) is 13.1. The maximum absolute atomic E-state index is 10.1. The molecule has 0 spiro atoms. The van der Waals surface area contributed by atoms with Gasteiger partial charge in [-0.3, -0.25) is 4.90 Å². The monoisotopic (exact) mass is 370 g/mol. The van der Waals surface area contributed by atoms with E-state index in [0.717, 1.165) is 45.0 Å². The lowest BCUT2D eigenvalue weighted by molar-refractivity contribution is 0.0538. The van der Waals surface area contributed by atoms with Crippen molar-refractivity contribution >= 4 is 5.70 Å². The zero-order chi connectivity index (χ0) is 18.8. The predicted molar refractivity (Wildman–Crippen MR) is 107 cm³/mol. The molecule has 0 radical (unpaired) electrons. The van der Waals surface area contributed by atoms with Gasteiger partial charge in [-0.05, 0) is 44.1 Å². The van der Waals surface area contributed by atoms with E-state index in [9.17, 15) is 5.11 Å². The van der Waals surface area contributed by atoms with Gasteiger partial charge in [0.05, 0.1) is 11.7 Å². The molecule has 1 atom stereocenters. The minimum Gasteiger partial charge on any atom is -0.507 e. The van der Waals surface area contributed by atoms with Crippen LogP contribution in [-0.2, 0) is 0 Å². The topological polar surface area (TPSA) is 103 Å². The van der Waals surface area contributed by atoms with E-state index in [4.69, 9.17) is 11.5 Å². The molecule has 4 rings (SSSR count). The van der Waals surface area contributed by atoms with Gasteiger partial charge in [-0.1, -0.05) is 12.1 Å². The predicted octanol–water partition coefficient (Wildman–Crippen LogP) is 0.161. The van der Waals surface area contributed by atoms with E-state index in [2.05, 4.69) is 20.4 Å². The second-order valence-corrected chi connectivity index (χ2v) is 7.62. The number of nitrogens with one attached hydrogen (secondary N) is 2. The van der Waals surface area contributed by atoms with Gasteiger partial charge in [-0.2, -0.15) is 0 Å². The average molecular weight is 371 g/mol. The van der Waals surface area contributed by atoms with Crippen LogP contribution in [0.2, 0.25) is 0 Å². The molecule has 3 aliphatic rings. The van der Waals surface area contributed by atoms with Crippen molar-refractivity contribution in [2.45, 2.75) is 24.9 Å². The van der Waals surface area contributed by atoms with Crippen LogP contribution in [0.5, 0.6) is 5.75 Å². The largest absolute Gasteiger partial charge is 0.507 e. The number of phenolic OH excluding ortho intramolecular Hbond substituents is 1. The van der Waals surface area contributed by atoms with Crippen LogP contribution in [0.4, 0.5) is 0 Å². The number of aromatic hydroxyl groups is 1. The van der Waals surface area contributed by atoms with Crippen LogP contribution in [0.15, 0.2) is 41.9 Å². The Morgan fingerprint density at radius 2 is 1.93 bits per heavy atom. The first-order valence-corrected chi connectivity index (χ1v) is 9.84. The Balaban J connectivity index is 1.52. The van der Waals surface area contributed by atoms with Crippen molar-refractivity contribution in [3.05, 3.63) is 47.4 Å². The van der Waals surface area contributed by atoms with Crippen molar-refractivity contribution < 1.29 is 5.11 Å². The molecule has 7 heteroatoms. The van der Waals surface area contributed by atoms with Crippen molar-refractivity contribution in [3.63, 3.8) is 0 Å². The molecule has 3 heterocycles. The summed E-state index contributed by atoms with van der Waals surface area (Å²) in [4.78, 5) is 5.01. The Labute approximate surface area is 160 Å². The molecule has 2 saturated heterocycles. The summed E-state index contributed by atoms with van der Waals surface area (Å²) in [5.41, 5.74) is 14.6. The Kier molecular flexibility index (Phi) is 5.13. The van der Waals surface area contributed by atoms with Gasteiger partial charge in [0.2, 0.25) is 0 Å². The number of nitrogens with two attached hydrogens (primary N) is 2. The fourth-order valence-electron chi connectivity index (χ4n) is 4.45. The molecule has 0 saturated carbocycles. The highest BCUT2D eigenvalue weighted by atomic mass is 16.3. The minimum absolute atomic E-state index is 0.182. The zero-order valence-corrected chi connectivity index (χ0v) is 15.7. The number of hydrogen-bond acceptors (Lipinski definition) is 7. The van der Waals surface area contributed by atoms with Gasteiger partial charge in [0.15, 0.2) is 0 Å². The number of rotatable bonds is 3. The summed E-state index contributed by atoms with van der Waals surface area (Å²) in [5, 5.41) is 16.9. The van der Waals surface area contributed by atoms with Crippen molar-refractivity contribution in [1.82, 2.24) is 20.4 Å². The molecule has 7 nitrogen and oxygen atoms in total. The number of fused-ring (bicyclic) bond motifs is 1. The molecule has 27 heavy (non-hydrogen) atoms. The van der Waals surface area contributed by atoms with E-state index in [-0.39, 0.29) is 5.75 Å². The minimum atomic E-state index is 0.182. The molecular weight excluding hydrogens is 340 g/mol. The van der Waals surface area contributed by atoms with Crippen LogP contribution in [0, 0.1) is 0 Å². The molecule has 0 amide bonds. The fraction of sp³-hybridized carbons (Fsp3) is 0.500. The third-order valence-corrected chi connectivity index (χ3v) is 5.96. The van der Waals surface area contributed by atoms with Crippen molar-refractivity contribution in [2.24, 2.45) is 11.5 Å². The quantitative estimate of drug-likeness (QED) is 0.516. The number of para-hydroxylation sites is 1. The number of piperazine rings is 1. The lowest BCUT2D eigenvalue weighted by Gasteiger charge is -2.49. The third-order valence-electron chi connectivity index (χ3n) is 5.96. The normalized spacial score (nSPS) is 25.3. The standard InChI is InChI=1S/C20H30N6O/c21-17(16-3-1-2-4-19(16)27)11-18-20(22)24-12-15-13-25(9-10-26(15)18)14-5-7-23-8-6-14/h1-4,11,14-15,23-24,27H,5-10,12-13,21-22H2/b17-11-. The molecule has 7 N–H and O–H groups in total. The first-order valence-electron chi connectivity index (χ1n) is 9.84. The zero-order valence-electron chi connectivity index (χ0n) is 15.7. The number of phenols is 1. The number of benzene rings is 1. The van der Waals surface area contributed by atoms with E-state index in [1.165, 1.54) is 12.8 Å².